The summed E-state index contributed by atoms with van der Waals surface area (Å²) in [6, 6.07) is 9.91. The number of halogens is 1. The van der Waals surface area contributed by atoms with Gasteiger partial charge in [0.05, 0.1) is 30.9 Å². The van der Waals surface area contributed by atoms with E-state index in [1.54, 1.807) is 0 Å². The van der Waals surface area contributed by atoms with Gasteiger partial charge in [0, 0.05) is 17.6 Å². The number of methoxy groups -OCH3 is 1. The van der Waals surface area contributed by atoms with Crippen LogP contribution >= 0.6 is 15.9 Å². The highest BCUT2D eigenvalue weighted by Gasteiger charge is 2.23. The van der Waals surface area contributed by atoms with Crippen LogP contribution in [0.4, 0.5) is 0 Å². The quantitative estimate of drug-likeness (QED) is 0.604. The van der Waals surface area contributed by atoms with Crippen molar-refractivity contribution in [2.45, 2.75) is 25.7 Å². The summed E-state index contributed by atoms with van der Waals surface area (Å²) in [6.07, 6.45) is 3.45. The number of ether oxygens (including phenoxy) is 1. The van der Waals surface area contributed by atoms with Gasteiger partial charge >= 0.3 is 5.97 Å². The van der Waals surface area contributed by atoms with Crippen LogP contribution in [0.2, 0.25) is 0 Å². The zero-order chi connectivity index (χ0) is 15.9. The molecule has 0 atom stereocenters. The van der Waals surface area contributed by atoms with E-state index in [1.807, 2.05) is 24.3 Å². The SMILES string of the molecule is COC(=O)/C(CC#N)=C(/c1ccc(Br)cc1)N1CCCCC1. The number of benzene rings is 1. The second kappa shape index (κ2) is 8.00. The van der Waals surface area contributed by atoms with Crippen molar-refractivity contribution in [2.24, 2.45) is 0 Å². The Morgan fingerprint density at radius 1 is 1.27 bits per heavy atom. The first-order valence-corrected chi connectivity index (χ1v) is 8.16. The van der Waals surface area contributed by atoms with Crippen LogP contribution in [0.3, 0.4) is 0 Å². The number of rotatable bonds is 4. The van der Waals surface area contributed by atoms with Gasteiger partial charge in [0.1, 0.15) is 0 Å². The summed E-state index contributed by atoms with van der Waals surface area (Å²) >= 11 is 3.43. The molecule has 5 heteroatoms. The fourth-order valence-corrected chi connectivity index (χ4v) is 2.99. The van der Waals surface area contributed by atoms with Crippen molar-refractivity contribution in [2.75, 3.05) is 20.2 Å². The van der Waals surface area contributed by atoms with Crippen LogP contribution in [0.15, 0.2) is 34.3 Å². The summed E-state index contributed by atoms with van der Waals surface area (Å²) in [5, 5.41) is 9.10. The van der Waals surface area contributed by atoms with Gasteiger partial charge < -0.3 is 9.64 Å². The molecule has 1 fully saturated rings. The van der Waals surface area contributed by atoms with Crippen molar-refractivity contribution >= 4 is 27.6 Å². The highest BCUT2D eigenvalue weighted by molar-refractivity contribution is 9.10. The molecular formula is C17H19BrN2O2. The summed E-state index contributed by atoms with van der Waals surface area (Å²) in [5.74, 6) is -0.426. The molecular weight excluding hydrogens is 344 g/mol. The first-order valence-electron chi connectivity index (χ1n) is 7.36. The maximum atomic E-state index is 12.2. The monoisotopic (exact) mass is 362 g/mol. The van der Waals surface area contributed by atoms with E-state index in [-0.39, 0.29) is 6.42 Å². The normalized spacial score (nSPS) is 15.8. The summed E-state index contributed by atoms with van der Waals surface area (Å²) in [6.45, 7) is 1.80. The van der Waals surface area contributed by atoms with Crippen LogP contribution in [-0.2, 0) is 9.53 Å². The molecule has 0 N–H and O–H groups in total. The fraction of sp³-hybridized carbons (Fsp3) is 0.412. The van der Waals surface area contributed by atoms with Crippen molar-refractivity contribution < 1.29 is 9.53 Å². The lowest BCUT2D eigenvalue weighted by Crippen LogP contribution is -2.30. The van der Waals surface area contributed by atoms with Crippen molar-refractivity contribution in [1.29, 1.82) is 5.26 Å². The molecule has 0 unspecified atom stereocenters. The van der Waals surface area contributed by atoms with Gasteiger partial charge in [-0.25, -0.2) is 4.79 Å². The van der Waals surface area contributed by atoms with E-state index in [0.29, 0.717) is 5.57 Å². The highest BCUT2D eigenvalue weighted by atomic mass is 79.9. The van der Waals surface area contributed by atoms with Gasteiger partial charge in [0.15, 0.2) is 0 Å². The lowest BCUT2D eigenvalue weighted by molar-refractivity contribution is -0.136. The molecule has 116 valence electrons. The minimum absolute atomic E-state index is 0.0502. The Hall–Kier alpha value is -1.80. The highest BCUT2D eigenvalue weighted by Crippen LogP contribution is 2.29. The van der Waals surface area contributed by atoms with Gasteiger partial charge in [-0.3, -0.25) is 0 Å². The topological polar surface area (TPSA) is 53.3 Å². The number of carbonyl (C=O) groups is 1. The maximum Gasteiger partial charge on any atom is 0.336 e. The molecule has 1 aromatic rings. The third-order valence-electron chi connectivity index (χ3n) is 3.76. The third-order valence-corrected chi connectivity index (χ3v) is 4.29. The Morgan fingerprint density at radius 2 is 1.91 bits per heavy atom. The molecule has 1 aliphatic heterocycles. The Labute approximate surface area is 139 Å². The van der Waals surface area contributed by atoms with E-state index in [2.05, 4.69) is 26.9 Å². The number of piperidine rings is 1. The number of hydrogen-bond acceptors (Lipinski definition) is 4. The number of hydrogen-bond donors (Lipinski definition) is 0. The number of likely N-dealkylation sites (tertiary alicyclic amines) is 1. The van der Waals surface area contributed by atoms with E-state index in [0.717, 1.165) is 41.7 Å². The molecule has 22 heavy (non-hydrogen) atoms. The van der Waals surface area contributed by atoms with E-state index in [1.165, 1.54) is 13.5 Å². The number of esters is 1. The molecule has 0 aromatic heterocycles. The van der Waals surface area contributed by atoms with Gasteiger partial charge in [0.2, 0.25) is 0 Å². The zero-order valence-electron chi connectivity index (χ0n) is 12.6. The molecule has 4 nitrogen and oxygen atoms in total. The van der Waals surface area contributed by atoms with Gasteiger partial charge in [-0.1, -0.05) is 28.1 Å². The Morgan fingerprint density at radius 3 is 2.45 bits per heavy atom. The Bertz CT molecular complexity index is 596. The molecule has 0 saturated carbocycles. The predicted molar refractivity (Wildman–Crippen MR) is 88.7 cm³/mol. The third kappa shape index (κ3) is 3.89. The van der Waals surface area contributed by atoms with Crippen molar-refractivity contribution in [3.63, 3.8) is 0 Å². The van der Waals surface area contributed by atoms with Gasteiger partial charge in [-0.05, 0) is 37.0 Å². The average Bonchev–Trinajstić information content (AvgIpc) is 2.56. The fourth-order valence-electron chi connectivity index (χ4n) is 2.73. The van der Waals surface area contributed by atoms with Crippen LogP contribution in [0.5, 0.6) is 0 Å². The molecule has 1 saturated heterocycles. The maximum absolute atomic E-state index is 12.2. The average molecular weight is 363 g/mol. The molecule has 0 amide bonds. The van der Waals surface area contributed by atoms with Gasteiger partial charge in [-0.15, -0.1) is 0 Å². The predicted octanol–water partition coefficient (Wildman–Crippen LogP) is 3.73. The van der Waals surface area contributed by atoms with Crippen LogP contribution in [-0.4, -0.2) is 31.1 Å². The largest absolute Gasteiger partial charge is 0.466 e. The zero-order valence-corrected chi connectivity index (χ0v) is 14.2. The van der Waals surface area contributed by atoms with Crippen LogP contribution in [0.25, 0.3) is 5.70 Å². The van der Waals surface area contributed by atoms with Crippen molar-refractivity contribution in [3.05, 3.63) is 39.9 Å². The summed E-state index contributed by atoms with van der Waals surface area (Å²) in [5.41, 5.74) is 2.22. The molecule has 0 bridgehead atoms. The molecule has 0 radical (unpaired) electrons. The van der Waals surface area contributed by atoms with Crippen LogP contribution in [0.1, 0.15) is 31.2 Å². The smallest absolute Gasteiger partial charge is 0.336 e. The standard InChI is InChI=1S/C17H19BrN2O2/c1-22-17(21)15(9-10-19)16(20-11-3-2-4-12-20)13-5-7-14(18)8-6-13/h5-8H,2-4,9,11-12H2,1H3/b16-15-. The Balaban J connectivity index is 2.53. The minimum Gasteiger partial charge on any atom is -0.466 e. The van der Waals surface area contributed by atoms with Crippen molar-refractivity contribution in [1.82, 2.24) is 4.90 Å². The lowest BCUT2D eigenvalue weighted by atomic mass is 10.00. The first kappa shape index (κ1) is 16.6. The number of carbonyl (C=O) groups excluding carboxylic acids is 1. The second-order valence-electron chi connectivity index (χ2n) is 5.21. The number of nitrogens with zero attached hydrogens (tertiary/aromatic N) is 2. The molecule has 1 aromatic carbocycles. The Kier molecular flexibility index (Phi) is 6.02. The second-order valence-corrected chi connectivity index (χ2v) is 6.12. The summed E-state index contributed by atoms with van der Waals surface area (Å²) in [7, 11) is 1.36. The summed E-state index contributed by atoms with van der Waals surface area (Å²) in [4.78, 5) is 14.4. The van der Waals surface area contributed by atoms with Gasteiger partial charge in [-0.2, -0.15) is 5.26 Å². The molecule has 2 rings (SSSR count). The van der Waals surface area contributed by atoms with Crippen molar-refractivity contribution in [3.8, 4) is 6.07 Å². The van der Waals surface area contributed by atoms with E-state index in [9.17, 15) is 4.79 Å². The molecule has 1 heterocycles. The van der Waals surface area contributed by atoms with Gasteiger partial charge in [0.25, 0.3) is 0 Å². The minimum atomic E-state index is -0.426. The van der Waals surface area contributed by atoms with Crippen LogP contribution in [0, 0.1) is 11.3 Å². The van der Waals surface area contributed by atoms with E-state index < -0.39 is 5.97 Å². The van der Waals surface area contributed by atoms with Crippen LogP contribution < -0.4 is 0 Å². The van der Waals surface area contributed by atoms with E-state index in [4.69, 9.17) is 10.00 Å². The first-order chi connectivity index (χ1) is 10.7. The van der Waals surface area contributed by atoms with E-state index >= 15 is 0 Å². The number of nitriles is 1. The molecule has 1 aliphatic rings. The molecule has 0 spiro atoms. The lowest BCUT2D eigenvalue weighted by Gasteiger charge is -2.32. The molecule has 0 aliphatic carbocycles. The summed E-state index contributed by atoms with van der Waals surface area (Å²) < 4.78 is 5.88.